The van der Waals surface area contributed by atoms with E-state index in [-0.39, 0.29) is 11.6 Å². The van der Waals surface area contributed by atoms with Crippen LogP contribution in [0.2, 0.25) is 0 Å². The Balaban J connectivity index is 2.14. The molecule has 0 bridgehead atoms. The van der Waals surface area contributed by atoms with E-state index in [1.165, 1.54) is 6.07 Å². The van der Waals surface area contributed by atoms with Gasteiger partial charge in [0.25, 0.3) is 5.91 Å². The molecule has 18 heavy (non-hydrogen) atoms. The summed E-state index contributed by atoms with van der Waals surface area (Å²) in [6.45, 7) is 2.91. The van der Waals surface area contributed by atoms with Crippen molar-refractivity contribution >= 4 is 17.7 Å². The lowest BCUT2D eigenvalue weighted by atomic mass is 9.99. The Morgan fingerprint density at radius 2 is 2.11 bits per heavy atom. The summed E-state index contributed by atoms with van der Waals surface area (Å²) in [7, 11) is 0. The number of primary amides is 1. The predicted molar refractivity (Wildman–Crippen MR) is 63.1 cm³/mol. The number of carbonyl (C=O) groups is 2. The molecule has 1 fully saturated rings. The highest BCUT2D eigenvalue weighted by atomic mass is 16.4. The van der Waals surface area contributed by atoms with E-state index in [0.29, 0.717) is 18.9 Å². The van der Waals surface area contributed by atoms with Gasteiger partial charge in [-0.2, -0.15) is 0 Å². The van der Waals surface area contributed by atoms with E-state index in [1.807, 2.05) is 11.8 Å². The molecule has 3 N–H and O–H groups in total. The van der Waals surface area contributed by atoms with Crippen LogP contribution in [0, 0.1) is 11.8 Å². The second kappa shape index (κ2) is 4.59. The molecule has 0 radical (unpaired) electrons. The van der Waals surface area contributed by atoms with Crippen LogP contribution in [0.3, 0.4) is 0 Å². The lowest BCUT2D eigenvalue weighted by Gasteiger charge is -2.15. The van der Waals surface area contributed by atoms with E-state index in [0.717, 1.165) is 0 Å². The number of carbonyl (C=O) groups excluding carboxylic acids is 1. The van der Waals surface area contributed by atoms with Crippen molar-refractivity contribution < 1.29 is 14.7 Å². The van der Waals surface area contributed by atoms with Crippen molar-refractivity contribution in [2.75, 3.05) is 18.0 Å². The number of aliphatic carboxylic acids is 1. The number of aromatic nitrogens is 2. The number of nitrogens with two attached hydrogens (primary N) is 1. The molecule has 2 atom stereocenters. The normalized spacial score (nSPS) is 23.1. The minimum Gasteiger partial charge on any atom is -0.481 e. The third-order valence-corrected chi connectivity index (χ3v) is 3.16. The number of amides is 1. The Bertz CT molecular complexity index is 474. The zero-order valence-corrected chi connectivity index (χ0v) is 9.91. The highest BCUT2D eigenvalue weighted by Gasteiger charge is 2.35. The van der Waals surface area contributed by atoms with Crippen molar-refractivity contribution in [1.82, 2.24) is 10.2 Å². The molecule has 0 saturated carbocycles. The summed E-state index contributed by atoms with van der Waals surface area (Å²) in [6.07, 6.45) is 0. The summed E-state index contributed by atoms with van der Waals surface area (Å²) in [5.74, 6) is -1.21. The van der Waals surface area contributed by atoms with Gasteiger partial charge in [0.1, 0.15) is 0 Å². The summed E-state index contributed by atoms with van der Waals surface area (Å²) in [6, 6.07) is 3.12. The van der Waals surface area contributed by atoms with Gasteiger partial charge in [0, 0.05) is 13.1 Å². The van der Waals surface area contributed by atoms with Crippen molar-refractivity contribution in [3.63, 3.8) is 0 Å². The minimum atomic E-state index is -0.799. The average Bonchev–Trinajstić information content (AvgIpc) is 2.71. The molecule has 1 aromatic rings. The molecule has 7 nitrogen and oxygen atoms in total. The van der Waals surface area contributed by atoms with E-state index in [2.05, 4.69) is 10.2 Å². The molecule has 1 saturated heterocycles. The van der Waals surface area contributed by atoms with Crippen molar-refractivity contribution in [2.24, 2.45) is 17.6 Å². The highest BCUT2D eigenvalue weighted by molar-refractivity contribution is 5.90. The van der Waals surface area contributed by atoms with Crippen LogP contribution in [0.25, 0.3) is 0 Å². The van der Waals surface area contributed by atoms with Crippen LogP contribution in [-0.4, -0.2) is 40.3 Å². The van der Waals surface area contributed by atoms with Gasteiger partial charge in [0.15, 0.2) is 11.5 Å². The van der Waals surface area contributed by atoms with E-state index in [4.69, 9.17) is 10.8 Å². The molecule has 2 heterocycles. The maximum atomic E-state index is 11.0. The molecule has 2 rings (SSSR count). The smallest absolute Gasteiger partial charge is 0.308 e. The zero-order chi connectivity index (χ0) is 13.3. The third kappa shape index (κ3) is 2.24. The van der Waals surface area contributed by atoms with Crippen molar-refractivity contribution in [1.29, 1.82) is 0 Å². The van der Waals surface area contributed by atoms with Crippen LogP contribution in [0.1, 0.15) is 17.4 Å². The fraction of sp³-hybridized carbons (Fsp3) is 0.455. The van der Waals surface area contributed by atoms with Crippen LogP contribution in [0.5, 0.6) is 0 Å². The Hall–Kier alpha value is -2.18. The largest absolute Gasteiger partial charge is 0.481 e. The molecular weight excluding hydrogens is 236 g/mol. The highest BCUT2D eigenvalue weighted by Crippen LogP contribution is 2.26. The number of nitrogens with zero attached hydrogens (tertiary/aromatic N) is 3. The second-order valence-corrected chi connectivity index (χ2v) is 4.47. The van der Waals surface area contributed by atoms with Gasteiger partial charge in [-0.05, 0) is 18.1 Å². The second-order valence-electron chi connectivity index (χ2n) is 4.47. The van der Waals surface area contributed by atoms with Crippen molar-refractivity contribution in [3.05, 3.63) is 17.8 Å². The molecule has 1 aliphatic heterocycles. The summed E-state index contributed by atoms with van der Waals surface area (Å²) in [5.41, 5.74) is 5.17. The van der Waals surface area contributed by atoms with Gasteiger partial charge < -0.3 is 15.7 Å². The lowest BCUT2D eigenvalue weighted by Crippen LogP contribution is -2.24. The number of rotatable bonds is 3. The molecular formula is C11H14N4O3. The van der Waals surface area contributed by atoms with Gasteiger partial charge in [0.2, 0.25) is 0 Å². The van der Waals surface area contributed by atoms with Gasteiger partial charge in [-0.25, -0.2) is 0 Å². The first-order valence-corrected chi connectivity index (χ1v) is 5.60. The SMILES string of the molecule is C[C@@H]1CN(c2ccc(C(N)=O)nn2)C[C@H]1C(=O)O. The van der Waals surface area contributed by atoms with Crippen LogP contribution < -0.4 is 10.6 Å². The van der Waals surface area contributed by atoms with Crippen LogP contribution >= 0.6 is 0 Å². The molecule has 0 spiro atoms. The molecule has 0 aliphatic carbocycles. The third-order valence-electron chi connectivity index (χ3n) is 3.16. The molecule has 7 heteroatoms. The molecule has 1 aliphatic rings. The minimum absolute atomic E-state index is 0.0557. The van der Waals surface area contributed by atoms with E-state index in [1.54, 1.807) is 6.07 Å². The van der Waals surface area contributed by atoms with E-state index >= 15 is 0 Å². The average molecular weight is 250 g/mol. The first-order valence-electron chi connectivity index (χ1n) is 5.60. The quantitative estimate of drug-likeness (QED) is 0.764. The molecule has 0 aromatic carbocycles. The van der Waals surface area contributed by atoms with Gasteiger partial charge in [-0.15, -0.1) is 10.2 Å². The first-order chi connectivity index (χ1) is 8.49. The monoisotopic (exact) mass is 250 g/mol. The van der Waals surface area contributed by atoms with Crippen molar-refractivity contribution in [2.45, 2.75) is 6.92 Å². The standard InChI is InChI=1S/C11H14N4O3/c1-6-4-15(5-7(6)11(17)18)9-3-2-8(10(12)16)13-14-9/h2-3,6-7H,4-5H2,1H3,(H2,12,16)(H,17,18)/t6-,7-/m1/s1. The Labute approximate surface area is 104 Å². The molecule has 1 aromatic heterocycles. The maximum absolute atomic E-state index is 11.0. The van der Waals surface area contributed by atoms with Crippen LogP contribution in [0.15, 0.2) is 12.1 Å². The van der Waals surface area contributed by atoms with E-state index < -0.39 is 17.8 Å². The molecule has 1 amide bonds. The van der Waals surface area contributed by atoms with E-state index in [9.17, 15) is 9.59 Å². The van der Waals surface area contributed by atoms with Gasteiger partial charge >= 0.3 is 5.97 Å². The number of carboxylic acids is 1. The topological polar surface area (TPSA) is 109 Å². The number of anilines is 1. The summed E-state index contributed by atoms with van der Waals surface area (Å²) in [5, 5.41) is 16.6. The molecule has 96 valence electrons. The first kappa shape index (κ1) is 12.3. The number of hydrogen-bond donors (Lipinski definition) is 2. The maximum Gasteiger partial charge on any atom is 0.308 e. The zero-order valence-electron chi connectivity index (χ0n) is 9.91. The Morgan fingerprint density at radius 3 is 2.56 bits per heavy atom. The van der Waals surface area contributed by atoms with Crippen LogP contribution in [0.4, 0.5) is 5.82 Å². The predicted octanol–water partition coefficient (Wildman–Crippen LogP) is -0.268. The van der Waals surface area contributed by atoms with Crippen LogP contribution in [-0.2, 0) is 4.79 Å². The summed E-state index contributed by atoms with van der Waals surface area (Å²) >= 11 is 0. The summed E-state index contributed by atoms with van der Waals surface area (Å²) in [4.78, 5) is 23.7. The van der Waals surface area contributed by atoms with Gasteiger partial charge in [-0.1, -0.05) is 6.92 Å². The fourth-order valence-corrected chi connectivity index (χ4v) is 2.10. The number of hydrogen-bond acceptors (Lipinski definition) is 5. The van der Waals surface area contributed by atoms with Crippen molar-refractivity contribution in [3.8, 4) is 0 Å². The van der Waals surface area contributed by atoms with Gasteiger partial charge in [0.05, 0.1) is 5.92 Å². The fourth-order valence-electron chi connectivity index (χ4n) is 2.10. The number of carboxylic acid groups (broad SMARTS) is 1. The Morgan fingerprint density at radius 1 is 1.39 bits per heavy atom. The summed E-state index contributed by atoms with van der Waals surface area (Å²) < 4.78 is 0. The lowest BCUT2D eigenvalue weighted by molar-refractivity contribution is -0.142. The Kier molecular flexibility index (Phi) is 3.14. The molecule has 0 unspecified atom stereocenters. The van der Waals surface area contributed by atoms with Gasteiger partial charge in [-0.3, -0.25) is 9.59 Å².